The van der Waals surface area contributed by atoms with Crippen LogP contribution in [0.5, 0.6) is 0 Å². The summed E-state index contributed by atoms with van der Waals surface area (Å²) in [4.78, 5) is 4.93. The Hall–Kier alpha value is -1.14. The van der Waals surface area contributed by atoms with Gasteiger partial charge < -0.3 is 5.73 Å². The van der Waals surface area contributed by atoms with Crippen LogP contribution < -0.4 is 5.73 Å². The summed E-state index contributed by atoms with van der Waals surface area (Å²) >= 11 is 3.04. The van der Waals surface area contributed by atoms with Crippen molar-refractivity contribution < 1.29 is 0 Å². The highest BCUT2D eigenvalue weighted by atomic mass is 32.2. The molecule has 0 atom stereocenters. The molecule has 2 aromatic rings. The molecule has 0 aliphatic heterocycles. The highest BCUT2D eigenvalue weighted by Crippen LogP contribution is 2.28. The Morgan fingerprint density at radius 1 is 1.46 bits per heavy atom. The van der Waals surface area contributed by atoms with Gasteiger partial charge in [0.25, 0.3) is 0 Å². The number of rotatable bonds is 2. The average molecular weight is 210 g/mol. The average Bonchev–Trinajstić information content (AvgIpc) is 2.57. The molecule has 2 heterocycles. The molecular formula is C7H6N4S2. The summed E-state index contributed by atoms with van der Waals surface area (Å²) in [6.07, 6.45) is 1.68. The Balaban J connectivity index is 2.19. The molecule has 66 valence electrons. The minimum Gasteiger partial charge on any atom is -0.384 e. The maximum absolute atomic E-state index is 5.53. The van der Waals surface area contributed by atoms with Crippen molar-refractivity contribution in [2.45, 2.75) is 9.24 Å². The zero-order chi connectivity index (χ0) is 9.10. The van der Waals surface area contributed by atoms with E-state index in [1.807, 2.05) is 12.1 Å². The summed E-state index contributed by atoms with van der Waals surface area (Å²) in [5.41, 5.74) is 7.23. The SMILES string of the molecule is Nc1cc(Sc2nncs2)ccn1. The third-order valence-electron chi connectivity index (χ3n) is 1.30. The summed E-state index contributed by atoms with van der Waals surface area (Å²) in [5, 5.41) is 7.65. The lowest BCUT2D eigenvalue weighted by molar-refractivity contribution is 1.01. The predicted molar refractivity (Wildman–Crippen MR) is 52.7 cm³/mol. The van der Waals surface area contributed by atoms with Gasteiger partial charge in [-0.25, -0.2) is 4.98 Å². The van der Waals surface area contributed by atoms with Crippen LogP contribution in [-0.4, -0.2) is 15.2 Å². The summed E-state index contributed by atoms with van der Waals surface area (Å²) in [5.74, 6) is 0.523. The second-order valence-electron chi connectivity index (χ2n) is 2.22. The van der Waals surface area contributed by atoms with Gasteiger partial charge in [0.2, 0.25) is 0 Å². The highest BCUT2D eigenvalue weighted by molar-refractivity contribution is 8.01. The summed E-state index contributed by atoms with van der Waals surface area (Å²) in [7, 11) is 0. The fourth-order valence-electron chi connectivity index (χ4n) is 0.800. The van der Waals surface area contributed by atoms with Crippen molar-refractivity contribution in [3.63, 3.8) is 0 Å². The lowest BCUT2D eigenvalue weighted by Gasteiger charge is -1.96. The van der Waals surface area contributed by atoms with Crippen LogP contribution in [0.1, 0.15) is 0 Å². The van der Waals surface area contributed by atoms with Gasteiger partial charge in [0.15, 0.2) is 4.34 Å². The number of aromatic nitrogens is 3. The first-order chi connectivity index (χ1) is 6.34. The van der Waals surface area contributed by atoms with Gasteiger partial charge in [0.1, 0.15) is 11.3 Å². The maximum atomic E-state index is 5.53. The molecule has 0 bridgehead atoms. The third kappa shape index (κ3) is 2.16. The molecule has 0 amide bonds. The Kier molecular flexibility index (Phi) is 2.42. The normalized spacial score (nSPS) is 10.2. The molecule has 2 aromatic heterocycles. The Morgan fingerprint density at radius 2 is 2.38 bits per heavy atom. The quantitative estimate of drug-likeness (QED) is 0.816. The predicted octanol–water partition coefficient (Wildman–Crippen LogP) is 1.67. The number of hydrogen-bond acceptors (Lipinski definition) is 6. The van der Waals surface area contributed by atoms with Gasteiger partial charge in [-0.05, 0) is 12.1 Å². The van der Waals surface area contributed by atoms with E-state index in [2.05, 4.69) is 15.2 Å². The number of nitrogen functional groups attached to an aromatic ring is 1. The lowest BCUT2D eigenvalue weighted by Crippen LogP contribution is -1.88. The molecule has 0 fully saturated rings. The van der Waals surface area contributed by atoms with Crippen LogP contribution in [0.25, 0.3) is 0 Å². The molecular weight excluding hydrogens is 204 g/mol. The molecule has 0 aromatic carbocycles. The Labute approximate surface area is 83.2 Å². The first-order valence-electron chi connectivity index (χ1n) is 3.50. The van der Waals surface area contributed by atoms with Gasteiger partial charge in [-0.15, -0.1) is 10.2 Å². The van der Waals surface area contributed by atoms with Crippen molar-refractivity contribution in [2.24, 2.45) is 0 Å². The second kappa shape index (κ2) is 3.71. The largest absolute Gasteiger partial charge is 0.384 e. The maximum Gasteiger partial charge on any atom is 0.178 e. The van der Waals surface area contributed by atoms with Crippen molar-refractivity contribution in [3.05, 3.63) is 23.8 Å². The molecule has 0 saturated carbocycles. The molecule has 0 aliphatic carbocycles. The van der Waals surface area contributed by atoms with Crippen LogP contribution in [0.4, 0.5) is 5.82 Å². The second-order valence-corrected chi connectivity index (χ2v) is 4.38. The molecule has 2 rings (SSSR count). The minimum atomic E-state index is 0.523. The number of nitrogens with zero attached hydrogens (tertiary/aromatic N) is 3. The topological polar surface area (TPSA) is 64.7 Å². The van der Waals surface area contributed by atoms with Crippen LogP contribution in [0.3, 0.4) is 0 Å². The molecule has 13 heavy (non-hydrogen) atoms. The summed E-state index contributed by atoms with van der Waals surface area (Å²) in [6.45, 7) is 0. The highest BCUT2D eigenvalue weighted by Gasteiger charge is 2.00. The van der Waals surface area contributed by atoms with Gasteiger partial charge in [-0.2, -0.15) is 0 Å². The van der Waals surface area contributed by atoms with Crippen molar-refractivity contribution in [1.82, 2.24) is 15.2 Å². The van der Waals surface area contributed by atoms with Crippen molar-refractivity contribution >= 4 is 28.9 Å². The standard InChI is InChI=1S/C7H6N4S2/c8-6-3-5(1-2-9-6)13-7-11-10-4-12-7/h1-4H,(H2,8,9). The number of anilines is 1. The first kappa shape index (κ1) is 8.46. The van der Waals surface area contributed by atoms with E-state index < -0.39 is 0 Å². The van der Waals surface area contributed by atoms with Gasteiger partial charge in [0, 0.05) is 11.1 Å². The molecule has 0 saturated heterocycles. The minimum absolute atomic E-state index is 0.523. The Bertz CT molecular complexity index is 387. The van der Waals surface area contributed by atoms with Gasteiger partial charge in [-0.3, -0.25) is 0 Å². The van der Waals surface area contributed by atoms with E-state index >= 15 is 0 Å². The van der Waals surface area contributed by atoms with E-state index in [-0.39, 0.29) is 0 Å². The van der Waals surface area contributed by atoms with E-state index in [9.17, 15) is 0 Å². The summed E-state index contributed by atoms with van der Waals surface area (Å²) < 4.78 is 0.908. The summed E-state index contributed by atoms with van der Waals surface area (Å²) in [6, 6.07) is 3.70. The van der Waals surface area contributed by atoms with E-state index in [4.69, 9.17) is 5.73 Å². The molecule has 0 radical (unpaired) electrons. The van der Waals surface area contributed by atoms with Gasteiger partial charge >= 0.3 is 0 Å². The molecule has 0 unspecified atom stereocenters. The van der Waals surface area contributed by atoms with E-state index in [0.717, 1.165) is 9.24 Å². The zero-order valence-electron chi connectivity index (χ0n) is 6.54. The van der Waals surface area contributed by atoms with E-state index in [0.29, 0.717) is 5.82 Å². The van der Waals surface area contributed by atoms with Crippen LogP contribution in [0, 0.1) is 0 Å². The zero-order valence-corrected chi connectivity index (χ0v) is 8.18. The fourth-order valence-corrected chi connectivity index (χ4v) is 2.29. The first-order valence-corrected chi connectivity index (χ1v) is 5.20. The number of hydrogen-bond donors (Lipinski definition) is 1. The van der Waals surface area contributed by atoms with Gasteiger partial charge in [-0.1, -0.05) is 23.1 Å². The molecule has 4 nitrogen and oxygen atoms in total. The Morgan fingerprint density at radius 3 is 3.08 bits per heavy atom. The number of pyridine rings is 1. The number of nitrogens with two attached hydrogens (primary N) is 1. The van der Waals surface area contributed by atoms with E-state index in [1.54, 1.807) is 11.7 Å². The van der Waals surface area contributed by atoms with Crippen molar-refractivity contribution in [1.29, 1.82) is 0 Å². The van der Waals surface area contributed by atoms with E-state index in [1.165, 1.54) is 23.1 Å². The van der Waals surface area contributed by atoms with Crippen molar-refractivity contribution in [3.8, 4) is 0 Å². The fraction of sp³-hybridized carbons (Fsp3) is 0. The van der Waals surface area contributed by atoms with Crippen LogP contribution >= 0.6 is 23.1 Å². The van der Waals surface area contributed by atoms with Gasteiger partial charge in [0.05, 0.1) is 0 Å². The smallest absolute Gasteiger partial charge is 0.178 e. The van der Waals surface area contributed by atoms with Crippen LogP contribution in [0.2, 0.25) is 0 Å². The molecule has 0 aliphatic rings. The molecule has 2 N–H and O–H groups in total. The lowest BCUT2D eigenvalue weighted by atomic mass is 10.5. The molecule has 0 spiro atoms. The van der Waals surface area contributed by atoms with Crippen molar-refractivity contribution in [2.75, 3.05) is 5.73 Å². The van der Waals surface area contributed by atoms with Crippen LogP contribution in [-0.2, 0) is 0 Å². The van der Waals surface area contributed by atoms with Crippen LogP contribution in [0.15, 0.2) is 33.1 Å². The monoisotopic (exact) mass is 210 g/mol. The third-order valence-corrected chi connectivity index (χ3v) is 3.07. The molecule has 6 heteroatoms.